The van der Waals surface area contributed by atoms with Gasteiger partial charge in [-0.15, -0.1) is 0 Å². The van der Waals surface area contributed by atoms with E-state index in [1.165, 1.54) is 6.92 Å². The third kappa shape index (κ3) is 1.55. The summed E-state index contributed by atoms with van der Waals surface area (Å²) in [5.41, 5.74) is -0.891. The van der Waals surface area contributed by atoms with Crippen molar-refractivity contribution in [3.8, 4) is 0 Å². The van der Waals surface area contributed by atoms with Gasteiger partial charge < -0.3 is 15.5 Å². The molecule has 0 aromatic rings. The molecule has 1 unspecified atom stereocenters. The molecule has 5 nitrogen and oxygen atoms in total. The molecule has 1 rings (SSSR count). The molecule has 0 heterocycles. The average Bonchev–Trinajstić information content (AvgIpc) is 2.66. The summed E-state index contributed by atoms with van der Waals surface area (Å²) in [5.74, 6) is -1.60. The summed E-state index contributed by atoms with van der Waals surface area (Å²) < 4.78 is 0. The van der Waals surface area contributed by atoms with Crippen molar-refractivity contribution in [1.82, 2.24) is 5.32 Å². The van der Waals surface area contributed by atoms with E-state index in [1.807, 2.05) is 0 Å². The molecule has 68 valence electrons. The molecular formula is C7H11NO4. The van der Waals surface area contributed by atoms with Crippen LogP contribution in [0, 0.1) is 0 Å². The van der Waals surface area contributed by atoms with Gasteiger partial charge in [-0.05, 0) is 12.8 Å². The average molecular weight is 173 g/mol. The minimum Gasteiger partial charge on any atom is -0.479 e. The van der Waals surface area contributed by atoms with E-state index in [2.05, 4.69) is 5.32 Å². The van der Waals surface area contributed by atoms with Crippen LogP contribution in [0.15, 0.2) is 0 Å². The highest BCUT2D eigenvalue weighted by Gasteiger charge is 2.53. The van der Waals surface area contributed by atoms with Crippen LogP contribution in [0.1, 0.15) is 19.8 Å². The van der Waals surface area contributed by atoms with Crippen LogP contribution >= 0.6 is 0 Å². The monoisotopic (exact) mass is 173 g/mol. The molecule has 1 fully saturated rings. The summed E-state index contributed by atoms with van der Waals surface area (Å²) in [5, 5.41) is 20.1. The van der Waals surface area contributed by atoms with E-state index in [-0.39, 0.29) is 5.91 Å². The van der Waals surface area contributed by atoms with Gasteiger partial charge in [0, 0.05) is 6.92 Å². The highest BCUT2D eigenvalue weighted by Crippen LogP contribution is 2.38. The number of carboxylic acid groups (broad SMARTS) is 1. The number of carbonyl (C=O) groups excluding carboxylic acids is 1. The number of aliphatic hydroxyl groups excluding tert-OH is 1. The Morgan fingerprint density at radius 3 is 2.25 bits per heavy atom. The molecule has 1 aliphatic carbocycles. The molecule has 12 heavy (non-hydrogen) atoms. The van der Waals surface area contributed by atoms with Crippen LogP contribution in [0.25, 0.3) is 0 Å². The maximum Gasteiger partial charge on any atom is 0.335 e. The number of aliphatic carboxylic acids is 1. The number of aliphatic hydroxyl groups is 1. The first-order chi connectivity index (χ1) is 5.48. The number of hydrogen-bond acceptors (Lipinski definition) is 3. The molecule has 1 amide bonds. The number of rotatable bonds is 3. The second-order valence-corrected chi connectivity index (χ2v) is 3.08. The highest BCUT2D eigenvalue weighted by atomic mass is 16.4. The highest BCUT2D eigenvalue weighted by molar-refractivity contribution is 5.79. The van der Waals surface area contributed by atoms with E-state index >= 15 is 0 Å². The molecule has 0 aromatic carbocycles. The van der Waals surface area contributed by atoms with Crippen molar-refractivity contribution in [2.45, 2.75) is 31.4 Å². The lowest BCUT2D eigenvalue weighted by atomic mass is 10.1. The van der Waals surface area contributed by atoms with Gasteiger partial charge in [-0.3, -0.25) is 4.79 Å². The molecule has 0 spiro atoms. The summed E-state index contributed by atoms with van der Waals surface area (Å²) in [6, 6.07) is 0. The normalized spacial score (nSPS) is 21.2. The maximum atomic E-state index is 10.6. The molecule has 0 saturated heterocycles. The first-order valence-corrected chi connectivity index (χ1v) is 3.67. The van der Waals surface area contributed by atoms with E-state index in [0.29, 0.717) is 12.8 Å². The van der Waals surface area contributed by atoms with Crippen molar-refractivity contribution < 1.29 is 19.8 Å². The molecule has 1 aliphatic rings. The molecule has 0 aromatic heterocycles. The molecule has 0 radical (unpaired) electrons. The van der Waals surface area contributed by atoms with Gasteiger partial charge in [0.25, 0.3) is 0 Å². The van der Waals surface area contributed by atoms with Crippen molar-refractivity contribution in [3.05, 3.63) is 0 Å². The SMILES string of the molecule is CC(=O)NC1(C(O)C(=O)O)CC1. The lowest BCUT2D eigenvalue weighted by Crippen LogP contribution is -2.48. The van der Waals surface area contributed by atoms with Crippen molar-refractivity contribution in [1.29, 1.82) is 0 Å². The van der Waals surface area contributed by atoms with Crippen molar-refractivity contribution in [2.24, 2.45) is 0 Å². The fourth-order valence-corrected chi connectivity index (χ4v) is 1.19. The van der Waals surface area contributed by atoms with Crippen molar-refractivity contribution in [3.63, 3.8) is 0 Å². The summed E-state index contributed by atoms with van der Waals surface area (Å²) >= 11 is 0. The van der Waals surface area contributed by atoms with Crippen molar-refractivity contribution >= 4 is 11.9 Å². The van der Waals surface area contributed by atoms with Crippen LogP contribution in [-0.4, -0.2) is 33.7 Å². The molecular weight excluding hydrogens is 162 g/mol. The van der Waals surface area contributed by atoms with Crippen LogP contribution in [0.4, 0.5) is 0 Å². The number of hydrogen-bond donors (Lipinski definition) is 3. The van der Waals surface area contributed by atoms with Gasteiger partial charge in [0.15, 0.2) is 6.10 Å². The van der Waals surface area contributed by atoms with E-state index < -0.39 is 17.6 Å². The number of nitrogens with one attached hydrogen (secondary N) is 1. The van der Waals surface area contributed by atoms with E-state index in [9.17, 15) is 9.59 Å². The number of amides is 1. The standard InChI is InChI=1S/C7H11NO4/c1-4(9)8-7(2-3-7)5(10)6(11)12/h5,10H,2-3H2,1H3,(H,8,9)(H,11,12). The Bertz CT molecular complexity index is 221. The number of carbonyl (C=O) groups is 2. The second kappa shape index (κ2) is 2.75. The van der Waals surface area contributed by atoms with Crippen LogP contribution in [0.3, 0.4) is 0 Å². The molecule has 1 saturated carbocycles. The Hall–Kier alpha value is -1.10. The van der Waals surface area contributed by atoms with E-state index in [4.69, 9.17) is 10.2 Å². The maximum absolute atomic E-state index is 10.6. The summed E-state index contributed by atoms with van der Waals surface area (Å²) in [6.07, 6.45) is -0.429. The summed E-state index contributed by atoms with van der Waals surface area (Å²) in [4.78, 5) is 21.0. The van der Waals surface area contributed by atoms with Crippen LogP contribution < -0.4 is 5.32 Å². The molecule has 0 aliphatic heterocycles. The quantitative estimate of drug-likeness (QED) is 0.516. The molecule has 0 bridgehead atoms. The fraction of sp³-hybridized carbons (Fsp3) is 0.714. The van der Waals surface area contributed by atoms with Gasteiger partial charge in [0.2, 0.25) is 5.91 Å². The predicted molar refractivity (Wildman–Crippen MR) is 39.4 cm³/mol. The van der Waals surface area contributed by atoms with E-state index in [0.717, 1.165) is 0 Å². The Kier molecular flexibility index (Phi) is 2.06. The molecule has 1 atom stereocenters. The zero-order valence-electron chi connectivity index (χ0n) is 6.70. The topological polar surface area (TPSA) is 86.6 Å². The zero-order valence-corrected chi connectivity index (χ0v) is 6.70. The lowest BCUT2D eigenvalue weighted by molar-refractivity contribution is -0.149. The predicted octanol–water partition coefficient (Wildman–Crippen LogP) is -0.899. The van der Waals surface area contributed by atoms with Gasteiger partial charge in [-0.2, -0.15) is 0 Å². The van der Waals surface area contributed by atoms with Crippen LogP contribution in [0.2, 0.25) is 0 Å². The van der Waals surface area contributed by atoms with Gasteiger partial charge in [-0.25, -0.2) is 4.79 Å². The second-order valence-electron chi connectivity index (χ2n) is 3.08. The smallest absolute Gasteiger partial charge is 0.335 e. The summed E-state index contributed by atoms with van der Waals surface area (Å²) in [6.45, 7) is 1.30. The Balaban J connectivity index is 2.60. The van der Waals surface area contributed by atoms with Crippen LogP contribution in [-0.2, 0) is 9.59 Å². The summed E-state index contributed by atoms with van der Waals surface area (Å²) in [7, 11) is 0. The van der Waals surface area contributed by atoms with Crippen molar-refractivity contribution in [2.75, 3.05) is 0 Å². The Morgan fingerprint density at radius 2 is 2.00 bits per heavy atom. The first-order valence-electron chi connectivity index (χ1n) is 3.67. The minimum absolute atomic E-state index is 0.312. The van der Waals surface area contributed by atoms with Gasteiger partial charge >= 0.3 is 5.97 Å². The van der Waals surface area contributed by atoms with Gasteiger partial charge in [0.05, 0.1) is 5.54 Å². The number of carboxylic acids is 1. The lowest BCUT2D eigenvalue weighted by Gasteiger charge is -2.18. The third-order valence-corrected chi connectivity index (χ3v) is 1.97. The van der Waals surface area contributed by atoms with Gasteiger partial charge in [-0.1, -0.05) is 0 Å². The fourth-order valence-electron chi connectivity index (χ4n) is 1.19. The molecule has 5 heteroatoms. The first kappa shape index (κ1) is 8.99. The largest absolute Gasteiger partial charge is 0.479 e. The Labute approximate surface area is 69.4 Å². The van der Waals surface area contributed by atoms with Gasteiger partial charge in [0.1, 0.15) is 0 Å². The van der Waals surface area contributed by atoms with E-state index in [1.54, 1.807) is 0 Å². The Morgan fingerprint density at radius 1 is 1.50 bits per heavy atom. The van der Waals surface area contributed by atoms with Crippen LogP contribution in [0.5, 0.6) is 0 Å². The minimum atomic E-state index is -1.48. The third-order valence-electron chi connectivity index (χ3n) is 1.97. The molecule has 3 N–H and O–H groups in total. The zero-order chi connectivity index (χ0) is 9.35.